The van der Waals surface area contributed by atoms with E-state index in [0.29, 0.717) is 0 Å². The first-order valence-corrected chi connectivity index (χ1v) is 7.33. The molecule has 2 aromatic carbocycles. The molecule has 0 radical (unpaired) electrons. The first kappa shape index (κ1) is 12.2. The molecule has 1 nitrogen and oxygen atoms in total. The van der Waals surface area contributed by atoms with Crippen LogP contribution < -0.4 is 5.73 Å². The number of hydrogen-bond donors (Lipinski definition) is 1. The number of hydrogen-bond acceptors (Lipinski definition) is 1. The highest BCUT2D eigenvalue weighted by atomic mass is 127. The van der Waals surface area contributed by atoms with Gasteiger partial charge in [0.05, 0.1) is 0 Å². The quantitative estimate of drug-likeness (QED) is 0.827. The summed E-state index contributed by atoms with van der Waals surface area (Å²) in [5, 5.41) is 0. The molecule has 0 atom stereocenters. The van der Waals surface area contributed by atoms with Crippen LogP contribution in [0.15, 0.2) is 48.5 Å². The third kappa shape index (κ3) is 2.45. The molecule has 1 aliphatic rings. The van der Waals surface area contributed by atoms with E-state index in [1.54, 1.807) is 0 Å². The van der Waals surface area contributed by atoms with E-state index in [2.05, 4.69) is 71.1 Å². The standard InChI is InChI=1S/C16H16IN/c17-15-7-5-12(6-8-15)9-16(18)10-13-3-1-2-4-14(13)11-16/h1-8H,9-11,18H2. The van der Waals surface area contributed by atoms with Crippen LogP contribution in [0.1, 0.15) is 16.7 Å². The average molecular weight is 349 g/mol. The molecule has 18 heavy (non-hydrogen) atoms. The molecule has 92 valence electrons. The molecule has 0 aromatic heterocycles. The van der Waals surface area contributed by atoms with Crippen molar-refractivity contribution in [2.45, 2.75) is 24.8 Å². The van der Waals surface area contributed by atoms with Crippen molar-refractivity contribution >= 4 is 22.6 Å². The Morgan fingerprint density at radius 1 is 0.944 bits per heavy atom. The fourth-order valence-corrected chi connectivity index (χ4v) is 3.22. The van der Waals surface area contributed by atoms with Crippen LogP contribution in [0.25, 0.3) is 0 Å². The minimum absolute atomic E-state index is 0.101. The van der Waals surface area contributed by atoms with Crippen LogP contribution in [0, 0.1) is 3.57 Å². The second kappa shape index (κ2) is 4.67. The maximum absolute atomic E-state index is 6.58. The molecule has 3 rings (SSSR count). The second-order valence-electron chi connectivity index (χ2n) is 5.29. The minimum Gasteiger partial charge on any atom is -0.324 e. The summed E-state index contributed by atoms with van der Waals surface area (Å²) in [7, 11) is 0. The van der Waals surface area contributed by atoms with Crippen LogP contribution in [-0.2, 0) is 19.3 Å². The van der Waals surface area contributed by atoms with Gasteiger partial charge in [-0.3, -0.25) is 0 Å². The molecule has 0 bridgehead atoms. The van der Waals surface area contributed by atoms with Gasteiger partial charge in [-0.2, -0.15) is 0 Å². The molecule has 2 aromatic rings. The van der Waals surface area contributed by atoms with Gasteiger partial charge in [-0.05, 0) is 70.7 Å². The van der Waals surface area contributed by atoms with E-state index >= 15 is 0 Å². The fourth-order valence-electron chi connectivity index (χ4n) is 2.86. The van der Waals surface area contributed by atoms with Crippen molar-refractivity contribution in [3.8, 4) is 0 Å². The van der Waals surface area contributed by atoms with E-state index in [1.807, 2.05) is 0 Å². The predicted molar refractivity (Wildman–Crippen MR) is 83.6 cm³/mol. The third-order valence-electron chi connectivity index (χ3n) is 3.67. The summed E-state index contributed by atoms with van der Waals surface area (Å²) < 4.78 is 1.28. The van der Waals surface area contributed by atoms with Crippen molar-refractivity contribution in [2.24, 2.45) is 5.73 Å². The summed E-state index contributed by atoms with van der Waals surface area (Å²) in [4.78, 5) is 0. The van der Waals surface area contributed by atoms with Gasteiger partial charge in [0, 0.05) is 9.11 Å². The molecular weight excluding hydrogens is 333 g/mol. The zero-order valence-corrected chi connectivity index (χ0v) is 12.4. The molecule has 1 aliphatic carbocycles. The van der Waals surface area contributed by atoms with Gasteiger partial charge < -0.3 is 5.73 Å². The summed E-state index contributed by atoms with van der Waals surface area (Å²) in [6, 6.07) is 17.3. The number of benzene rings is 2. The van der Waals surface area contributed by atoms with Gasteiger partial charge >= 0.3 is 0 Å². The maximum Gasteiger partial charge on any atom is 0.0276 e. The normalized spacial score (nSPS) is 16.6. The molecule has 0 spiro atoms. The summed E-state index contributed by atoms with van der Waals surface area (Å²) >= 11 is 2.33. The lowest BCUT2D eigenvalue weighted by atomic mass is 9.89. The third-order valence-corrected chi connectivity index (χ3v) is 4.39. The van der Waals surface area contributed by atoms with Crippen molar-refractivity contribution in [1.82, 2.24) is 0 Å². The summed E-state index contributed by atoms with van der Waals surface area (Å²) in [6.45, 7) is 0. The highest BCUT2D eigenvalue weighted by molar-refractivity contribution is 14.1. The van der Waals surface area contributed by atoms with E-state index in [0.717, 1.165) is 19.3 Å². The number of fused-ring (bicyclic) bond motifs is 1. The average Bonchev–Trinajstić information content (AvgIpc) is 2.68. The molecule has 0 unspecified atom stereocenters. The van der Waals surface area contributed by atoms with Crippen molar-refractivity contribution < 1.29 is 0 Å². The molecule has 0 amide bonds. The topological polar surface area (TPSA) is 26.0 Å². The molecule has 0 saturated carbocycles. The lowest BCUT2D eigenvalue weighted by Crippen LogP contribution is -2.42. The monoisotopic (exact) mass is 349 g/mol. The smallest absolute Gasteiger partial charge is 0.0276 e. The Morgan fingerprint density at radius 2 is 1.50 bits per heavy atom. The lowest BCUT2D eigenvalue weighted by Gasteiger charge is -2.23. The van der Waals surface area contributed by atoms with Crippen LogP contribution >= 0.6 is 22.6 Å². The number of rotatable bonds is 2. The van der Waals surface area contributed by atoms with Crippen molar-refractivity contribution in [1.29, 1.82) is 0 Å². The van der Waals surface area contributed by atoms with Gasteiger partial charge in [0.1, 0.15) is 0 Å². The van der Waals surface area contributed by atoms with Gasteiger partial charge in [0.25, 0.3) is 0 Å². The van der Waals surface area contributed by atoms with E-state index in [1.165, 1.54) is 20.3 Å². The SMILES string of the molecule is NC1(Cc2ccc(I)cc2)Cc2ccccc2C1. The van der Waals surface area contributed by atoms with E-state index in [4.69, 9.17) is 5.73 Å². The molecule has 2 heteroatoms. The van der Waals surface area contributed by atoms with Crippen molar-refractivity contribution in [3.05, 3.63) is 68.8 Å². The molecule has 0 aliphatic heterocycles. The maximum atomic E-state index is 6.58. The van der Waals surface area contributed by atoms with Crippen molar-refractivity contribution in [3.63, 3.8) is 0 Å². The Balaban J connectivity index is 1.80. The second-order valence-corrected chi connectivity index (χ2v) is 6.53. The van der Waals surface area contributed by atoms with E-state index in [9.17, 15) is 0 Å². The number of halogens is 1. The van der Waals surface area contributed by atoms with Crippen LogP contribution in [-0.4, -0.2) is 5.54 Å². The lowest BCUT2D eigenvalue weighted by molar-refractivity contribution is 0.446. The van der Waals surface area contributed by atoms with E-state index < -0.39 is 0 Å². The first-order chi connectivity index (χ1) is 8.65. The van der Waals surface area contributed by atoms with Gasteiger partial charge in [-0.1, -0.05) is 36.4 Å². The van der Waals surface area contributed by atoms with Crippen LogP contribution in [0.4, 0.5) is 0 Å². The molecule has 2 N–H and O–H groups in total. The highest BCUT2D eigenvalue weighted by Crippen LogP contribution is 2.30. The Hall–Kier alpha value is -0.870. The molecule has 0 fully saturated rings. The summed E-state index contributed by atoms with van der Waals surface area (Å²) in [5.74, 6) is 0. The van der Waals surface area contributed by atoms with Gasteiger partial charge in [-0.15, -0.1) is 0 Å². The zero-order valence-electron chi connectivity index (χ0n) is 10.2. The number of nitrogens with two attached hydrogens (primary N) is 1. The van der Waals surface area contributed by atoms with Crippen LogP contribution in [0.2, 0.25) is 0 Å². The Morgan fingerprint density at radius 3 is 2.06 bits per heavy atom. The summed E-state index contributed by atoms with van der Waals surface area (Å²) in [5.41, 5.74) is 10.7. The molecule has 0 saturated heterocycles. The summed E-state index contributed by atoms with van der Waals surface area (Å²) in [6.07, 6.45) is 2.95. The van der Waals surface area contributed by atoms with Crippen molar-refractivity contribution in [2.75, 3.05) is 0 Å². The molecular formula is C16H16IN. The molecule has 0 heterocycles. The van der Waals surface area contributed by atoms with E-state index in [-0.39, 0.29) is 5.54 Å². The van der Waals surface area contributed by atoms with Gasteiger partial charge in [0.15, 0.2) is 0 Å². The predicted octanol–water partition coefficient (Wildman–Crippen LogP) is 3.33. The largest absolute Gasteiger partial charge is 0.324 e. The zero-order chi connectivity index (χ0) is 12.6. The minimum atomic E-state index is -0.101. The Bertz CT molecular complexity index is 535. The Labute approximate surface area is 122 Å². The van der Waals surface area contributed by atoms with Gasteiger partial charge in [0.2, 0.25) is 0 Å². The van der Waals surface area contributed by atoms with Crippen LogP contribution in [0.5, 0.6) is 0 Å². The Kier molecular flexibility index (Phi) is 3.16. The van der Waals surface area contributed by atoms with Gasteiger partial charge in [-0.25, -0.2) is 0 Å². The first-order valence-electron chi connectivity index (χ1n) is 6.25. The fraction of sp³-hybridized carbons (Fsp3) is 0.250. The highest BCUT2D eigenvalue weighted by Gasteiger charge is 2.33. The van der Waals surface area contributed by atoms with Crippen LogP contribution in [0.3, 0.4) is 0 Å².